The Morgan fingerprint density at radius 1 is 1.41 bits per heavy atom. The average molecular weight is 232 g/mol. The number of nitrogens with one attached hydrogen (secondary N) is 2. The molecule has 2 rings (SSSR count). The summed E-state index contributed by atoms with van der Waals surface area (Å²) in [5.74, 6) is 0.554. The minimum Gasteiger partial charge on any atom is -0.345 e. The summed E-state index contributed by atoms with van der Waals surface area (Å²) in [7, 11) is 0. The van der Waals surface area contributed by atoms with Crippen LogP contribution < -0.4 is 11.1 Å². The first-order valence-corrected chi connectivity index (χ1v) is 5.58. The first kappa shape index (κ1) is 11.6. The second-order valence-electron chi connectivity index (χ2n) is 4.16. The molecule has 0 fully saturated rings. The molecule has 90 valence electrons. The molecular weight excluding hydrogens is 216 g/mol. The molecule has 4 N–H and O–H groups in total. The zero-order chi connectivity index (χ0) is 12.4. The molecule has 2 atom stereocenters. The smallest absolute Gasteiger partial charge is 0.237 e. The van der Waals surface area contributed by atoms with Crippen LogP contribution in [0, 0.1) is 0 Å². The highest BCUT2D eigenvalue weighted by atomic mass is 16.2. The Hall–Kier alpha value is -1.88. The van der Waals surface area contributed by atoms with Gasteiger partial charge in [0.2, 0.25) is 5.91 Å². The van der Waals surface area contributed by atoms with Crippen LogP contribution in [-0.2, 0) is 4.79 Å². The van der Waals surface area contributed by atoms with Gasteiger partial charge in [0, 0.05) is 0 Å². The number of hydrogen-bond acceptors (Lipinski definition) is 3. The number of aromatic amines is 1. The van der Waals surface area contributed by atoms with Crippen molar-refractivity contribution in [2.24, 2.45) is 5.73 Å². The molecule has 0 aliphatic heterocycles. The number of aromatic nitrogens is 2. The first-order chi connectivity index (χ1) is 8.08. The maximum absolute atomic E-state index is 11.5. The Bertz CT molecular complexity index is 499. The number of hydrogen-bond donors (Lipinski definition) is 3. The molecule has 1 amide bonds. The second-order valence-corrected chi connectivity index (χ2v) is 4.16. The van der Waals surface area contributed by atoms with Crippen molar-refractivity contribution in [3.8, 4) is 0 Å². The molecule has 2 unspecified atom stereocenters. The molecule has 5 nitrogen and oxygen atoms in total. The lowest BCUT2D eigenvalue weighted by Gasteiger charge is -2.13. The number of benzene rings is 1. The third-order valence-corrected chi connectivity index (χ3v) is 2.59. The van der Waals surface area contributed by atoms with Gasteiger partial charge >= 0.3 is 0 Å². The van der Waals surface area contributed by atoms with E-state index in [0.717, 1.165) is 16.9 Å². The highest BCUT2D eigenvalue weighted by molar-refractivity contribution is 5.81. The number of carbonyl (C=O) groups is 1. The fourth-order valence-corrected chi connectivity index (χ4v) is 1.59. The minimum absolute atomic E-state index is 0.180. The average Bonchev–Trinajstić information content (AvgIpc) is 2.72. The van der Waals surface area contributed by atoms with Gasteiger partial charge < -0.3 is 16.0 Å². The zero-order valence-corrected chi connectivity index (χ0v) is 9.90. The van der Waals surface area contributed by atoms with Gasteiger partial charge in [-0.3, -0.25) is 4.79 Å². The summed E-state index contributed by atoms with van der Waals surface area (Å²) in [5, 5.41) is 2.80. The summed E-state index contributed by atoms with van der Waals surface area (Å²) in [4.78, 5) is 19.1. The van der Waals surface area contributed by atoms with Crippen molar-refractivity contribution in [1.29, 1.82) is 0 Å². The molecule has 1 heterocycles. The Morgan fingerprint density at radius 2 is 2.12 bits per heavy atom. The molecule has 0 saturated heterocycles. The highest BCUT2D eigenvalue weighted by Crippen LogP contribution is 2.15. The molecule has 0 radical (unpaired) electrons. The minimum atomic E-state index is -0.512. The van der Waals surface area contributed by atoms with Crippen molar-refractivity contribution < 1.29 is 4.79 Å². The first-order valence-electron chi connectivity index (χ1n) is 5.58. The number of fused-ring (bicyclic) bond motifs is 1. The molecule has 17 heavy (non-hydrogen) atoms. The Labute approximate surface area is 99.4 Å². The van der Waals surface area contributed by atoms with Crippen molar-refractivity contribution >= 4 is 16.9 Å². The summed E-state index contributed by atoms with van der Waals surface area (Å²) in [5.41, 5.74) is 7.35. The van der Waals surface area contributed by atoms with Crippen LogP contribution in [0.5, 0.6) is 0 Å². The topological polar surface area (TPSA) is 83.8 Å². The summed E-state index contributed by atoms with van der Waals surface area (Å²) < 4.78 is 0. The van der Waals surface area contributed by atoms with Crippen molar-refractivity contribution in [2.75, 3.05) is 0 Å². The number of H-pyrrole nitrogens is 1. The molecule has 0 spiro atoms. The van der Waals surface area contributed by atoms with Gasteiger partial charge in [-0.1, -0.05) is 12.1 Å². The van der Waals surface area contributed by atoms with E-state index in [1.54, 1.807) is 6.92 Å². The molecular formula is C12H16N4O. The Balaban J connectivity index is 2.19. The van der Waals surface area contributed by atoms with E-state index in [9.17, 15) is 4.79 Å². The van der Waals surface area contributed by atoms with Crippen molar-refractivity contribution in [1.82, 2.24) is 15.3 Å². The predicted molar refractivity (Wildman–Crippen MR) is 66.3 cm³/mol. The van der Waals surface area contributed by atoms with Crippen LogP contribution in [0.4, 0.5) is 0 Å². The SMILES string of the molecule is CC(N)C(=O)NC(C)c1nc2ccccc2[nH]1. The maximum Gasteiger partial charge on any atom is 0.237 e. The van der Waals surface area contributed by atoms with Crippen LogP contribution in [0.3, 0.4) is 0 Å². The maximum atomic E-state index is 11.5. The Kier molecular flexibility index (Phi) is 3.10. The van der Waals surface area contributed by atoms with E-state index in [1.807, 2.05) is 31.2 Å². The molecule has 2 aromatic rings. The van der Waals surface area contributed by atoms with E-state index in [0.29, 0.717) is 0 Å². The van der Waals surface area contributed by atoms with Crippen LogP contribution in [-0.4, -0.2) is 21.9 Å². The van der Waals surface area contributed by atoms with Crippen LogP contribution >= 0.6 is 0 Å². The lowest BCUT2D eigenvalue weighted by molar-refractivity contribution is -0.122. The van der Waals surface area contributed by atoms with Gasteiger partial charge in [-0.25, -0.2) is 4.98 Å². The quantitative estimate of drug-likeness (QED) is 0.740. The molecule has 0 saturated carbocycles. The fourth-order valence-electron chi connectivity index (χ4n) is 1.59. The molecule has 0 bridgehead atoms. The number of amides is 1. The predicted octanol–water partition coefficient (Wildman–Crippen LogP) is 1.09. The summed E-state index contributed by atoms with van der Waals surface area (Å²) in [6, 6.07) is 7.05. The number of para-hydroxylation sites is 2. The molecule has 1 aromatic heterocycles. The lowest BCUT2D eigenvalue weighted by Crippen LogP contribution is -2.39. The normalized spacial score (nSPS) is 14.5. The van der Waals surface area contributed by atoms with E-state index >= 15 is 0 Å². The third-order valence-electron chi connectivity index (χ3n) is 2.59. The standard InChI is InChI=1S/C12H16N4O/c1-7(13)12(17)14-8(2)11-15-9-5-3-4-6-10(9)16-11/h3-8H,13H2,1-2H3,(H,14,17)(H,15,16). The number of imidazole rings is 1. The number of rotatable bonds is 3. The highest BCUT2D eigenvalue weighted by Gasteiger charge is 2.15. The molecule has 0 aliphatic carbocycles. The largest absolute Gasteiger partial charge is 0.345 e. The second kappa shape index (κ2) is 4.55. The van der Waals surface area contributed by atoms with Gasteiger partial charge in [0.15, 0.2) is 0 Å². The van der Waals surface area contributed by atoms with Gasteiger partial charge in [-0.2, -0.15) is 0 Å². The van der Waals surface area contributed by atoms with E-state index < -0.39 is 6.04 Å². The fraction of sp³-hybridized carbons (Fsp3) is 0.333. The van der Waals surface area contributed by atoms with E-state index in [2.05, 4.69) is 15.3 Å². The van der Waals surface area contributed by atoms with Gasteiger partial charge in [0.1, 0.15) is 5.82 Å². The zero-order valence-electron chi connectivity index (χ0n) is 9.90. The van der Waals surface area contributed by atoms with Gasteiger partial charge in [-0.15, -0.1) is 0 Å². The number of nitrogens with two attached hydrogens (primary N) is 1. The molecule has 5 heteroatoms. The van der Waals surface area contributed by atoms with Crippen molar-refractivity contribution in [2.45, 2.75) is 25.9 Å². The number of carbonyl (C=O) groups excluding carboxylic acids is 1. The Morgan fingerprint density at radius 3 is 2.76 bits per heavy atom. The van der Waals surface area contributed by atoms with Gasteiger partial charge in [0.25, 0.3) is 0 Å². The molecule has 1 aromatic carbocycles. The van der Waals surface area contributed by atoms with E-state index in [-0.39, 0.29) is 11.9 Å². The van der Waals surface area contributed by atoms with E-state index in [4.69, 9.17) is 5.73 Å². The lowest BCUT2D eigenvalue weighted by atomic mass is 10.2. The van der Waals surface area contributed by atoms with Crippen LogP contribution in [0.1, 0.15) is 25.7 Å². The third kappa shape index (κ3) is 2.45. The number of nitrogens with zero attached hydrogens (tertiary/aromatic N) is 1. The van der Waals surface area contributed by atoms with Crippen LogP contribution in [0.25, 0.3) is 11.0 Å². The van der Waals surface area contributed by atoms with Crippen LogP contribution in [0.2, 0.25) is 0 Å². The van der Waals surface area contributed by atoms with Crippen molar-refractivity contribution in [3.63, 3.8) is 0 Å². The van der Waals surface area contributed by atoms with E-state index in [1.165, 1.54) is 0 Å². The van der Waals surface area contributed by atoms with Crippen molar-refractivity contribution in [3.05, 3.63) is 30.1 Å². The van der Waals surface area contributed by atoms with Gasteiger partial charge in [-0.05, 0) is 26.0 Å². The summed E-state index contributed by atoms with van der Waals surface area (Å²) in [6.45, 7) is 3.53. The summed E-state index contributed by atoms with van der Waals surface area (Å²) in [6.07, 6.45) is 0. The van der Waals surface area contributed by atoms with Gasteiger partial charge in [0.05, 0.1) is 23.1 Å². The van der Waals surface area contributed by atoms with Crippen LogP contribution in [0.15, 0.2) is 24.3 Å². The monoisotopic (exact) mass is 232 g/mol. The molecule has 0 aliphatic rings. The summed E-state index contributed by atoms with van der Waals surface area (Å²) >= 11 is 0.